The van der Waals surface area contributed by atoms with Gasteiger partial charge in [0.05, 0.1) is 5.69 Å². The number of carbonyl (C=O) groups excluding carboxylic acids is 1. The Balaban J connectivity index is 1.93. The number of aryl methyl sites for hydroxylation is 1. The molecule has 26 heavy (non-hydrogen) atoms. The SMILES string of the molecule is CCc1cccc(N2C(=O)/C(=C\c3ccccc3OC(F)F)NC2=S)c1. The number of hydrogen-bond acceptors (Lipinski definition) is 3. The quantitative estimate of drug-likeness (QED) is 0.632. The van der Waals surface area contributed by atoms with Crippen LogP contribution in [0.3, 0.4) is 0 Å². The number of nitrogens with one attached hydrogen (secondary N) is 1. The maximum atomic E-state index is 12.8. The number of anilines is 1. The third-order valence-corrected chi connectivity index (χ3v) is 4.17. The molecule has 134 valence electrons. The lowest BCUT2D eigenvalue weighted by atomic mass is 10.1. The summed E-state index contributed by atoms with van der Waals surface area (Å²) >= 11 is 5.28. The Morgan fingerprint density at radius 3 is 2.73 bits per heavy atom. The van der Waals surface area contributed by atoms with Gasteiger partial charge >= 0.3 is 6.61 Å². The zero-order valence-corrected chi connectivity index (χ0v) is 14.7. The highest BCUT2D eigenvalue weighted by atomic mass is 32.1. The molecule has 4 nitrogen and oxygen atoms in total. The third-order valence-electron chi connectivity index (χ3n) is 3.89. The van der Waals surface area contributed by atoms with Gasteiger partial charge in [-0.2, -0.15) is 8.78 Å². The zero-order chi connectivity index (χ0) is 18.7. The first-order valence-corrected chi connectivity index (χ1v) is 8.40. The van der Waals surface area contributed by atoms with Crippen molar-refractivity contribution in [3.63, 3.8) is 0 Å². The predicted octanol–water partition coefficient (Wildman–Crippen LogP) is 4.11. The number of halogens is 2. The molecule has 0 atom stereocenters. The normalized spacial score (nSPS) is 15.7. The van der Waals surface area contributed by atoms with Crippen LogP contribution < -0.4 is 15.0 Å². The number of nitrogens with zero attached hydrogens (tertiary/aromatic N) is 1. The summed E-state index contributed by atoms with van der Waals surface area (Å²) in [5.74, 6) is -0.364. The summed E-state index contributed by atoms with van der Waals surface area (Å²) in [6.07, 6.45) is 2.28. The lowest BCUT2D eigenvalue weighted by Gasteiger charge is -2.14. The molecule has 1 N–H and O–H groups in total. The summed E-state index contributed by atoms with van der Waals surface area (Å²) in [6.45, 7) is -0.927. The highest BCUT2D eigenvalue weighted by molar-refractivity contribution is 7.80. The van der Waals surface area contributed by atoms with Crippen LogP contribution >= 0.6 is 12.2 Å². The summed E-state index contributed by atoms with van der Waals surface area (Å²) in [4.78, 5) is 14.2. The Bertz CT molecular complexity index is 883. The molecule has 0 aliphatic carbocycles. The van der Waals surface area contributed by atoms with E-state index in [0.29, 0.717) is 11.3 Å². The molecule has 1 fully saturated rings. The number of amides is 1. The van der Waals surface area contributed by atoms with Gasteiger partial charge in [0.2, 0.25) is 0 Å². The summed E-state index contributed by atoms with van der Waals surface area (Å²) in [5, 5.41) is 3.08. The molecule has 1 aliphatic rings. The first-order valence-electron chi connectivity index (χ1n) is 7.99. The largest absolute Gasteiger partial charge is 0.434 e. The highest BCUT2D eigenvalue weighted by Gasteiger charge is 2.32. The topological polar surface area (TPSA) is 41.6 Å². The van der Waals surface area contributed by atoms with Crippen molar-refractivity contribution >= 4 is 35.0 Å². The van der Waals surface area contributed by atoms with Crippen LogP contribution in [0.4, 0.5) is 14.5 Å². The second-order valence-electron chi connectivity index (χ2n) is 5.57. The molecular formula is C19H16F2N2O2S. The summed E-state index contributed by atoms with van der Waals surface area (Å²) in [7, 11) is 0. The van der Waals surface area contributed by atoms with Crippen molar-refractivity contribution in [2.24, 2.45) is 0 Å². The van der Waals surface area contributed by atoms with Crippen molar-refractivity contribution in [2.45, 2.75) is 20.0 Å². The van der Waals surface area contributed by atoms with Crippen LogP contribution in [0, 0.1) is 0 Å². The Hall–Kier alpha value is -2.80. The van der Waals surface area contributed by atoms with Crippen molar-refractivity contribution in [3.8, 4) is 5.75 Å². The van der Waals surface area contributed by atoms with Crippen molar-refractivity contribution in [2.75, 3.05) is 4.90 Å². The van der Waals surface area contributed by atoms with Crippen LogP contribution in [0.2, 0.25) is 0 Å². The fourth-order valence-electron chi connectivity index (χ4n) is 2.64. The number of carbonyl (C=O) groups is 1. The molecule has 1 heterocycles. The van der Waals surface area contributed by atoms with Crippen LogP contribution in [0.5, 0.6) is 5.75 Å². The van der Waals surface area contributed by atoms with E-state index < -0.39 is 6.61 Å². The molecule has 1 amide bonds. The van der Waals surface area contributed by atoms with Crippen molar-refractivity contribution in [1.82, 2.24) is 5.32 Å². The summed E-state index contributed by atoms with van der Waals surface area (Å²) < 4.78 is 29.6. The van der Waals surface area contributed by atoms with Gasteiger partial charge in [-0.15, -0.1) is 0 Å². The minimum Gasteiger partial charge on any atom is -0.434 e. The minimum atomic E-state index is -2.95. The smallest absolute Gasteiger partial charge is 0.387 e. The minimum absolute atomic E-state index is 0.0121. The van der Waals surface area contributed by atoms with Crippen LogP contribution in [-0.4, -0.2) is 17.6 Å². The molecule has 1 aliphatic heterocycles. The fourth-order valence-corrected chi connectivity index (χ4v) is 2.94. The van der Waals surface area contributed by atoms with Gasteiger partial charge in [-0.25, -0.2) is 0 Å². The molecule has 7 heteroatoms. The van der Waals surface area contributed by atoms with E-state index >= 15 is 0 Å². The second kappa shape index (κ2) is 7.61. The first kappa shape index (κ1) is 18.0. The van der Waals surface area contributed by atoms with Crippen LogP contribution in [-0.2, 0) is 11.2 Å². The first-order chi connectivity index (χ1) is 12.5. The molecule has 3 rings (SSSR count). The lowest BCUT2D eigenvalue weighted by molar-refractivity contribution is -0.113. The van der Waals surface area contributed by atoms with Gasteiger partial charge in [0.1, 0.15) is 11.4 Å². The number of alkyl halides is 2. The van der Waals surface area contributed by atoms with Crippen molar-refractivity contribution in [3.05, 3.63) is 65.4 Å². The van der Waals surface area contributed by atoms with Gasteiger partial charge in [-0.3, -0.25) is 9.69 Å². The Labute approximate surface area is 155 Å². The molecule has 0 aromatic heterocycles. The molecule has 0 bridgehead atoms. The number of rotatable bonds is 5. The van der Waals surface area contributed by atoms with Crippen molar-refractivity contribution in [1.29, 1.82) is 0 Å². The number of benzene rings is 2. The average molecular weight is 374 g/mol. The van der Waals surface area contributed by atoms with Crippen LogP contribution in [0.25, 0.3) is 6.08 Å². The van der Waals surface area contributed by atoms with Gasteiger partial charge < -0.3 is 10.1 Å². The Morgan fingerprint density at radius 1 is 1.23 bits per heavy atom. The molecule has 0 spiro atoms. The second-order valence-corrected chi connectivity index (χ2v) is 5.96. The molecular weight excluding hydrogens is 358 g/mol. The monoisotopic (exact) mass is 374 g/mol. The number of para-hydroxylation sites is 1. The Morgan fingerprint density at radius 2 is 2.00 bits per heavy atom. The molecule has 2 aromatic carbocycles. The standard InChI is InChI=1S/C19H16F2N2O2S/c1-2-12-6-5-8-14(10-12)23-17(24)15(22-19(23)26)11-13-7-3-4-9-16(13)25-18(20)21/h3-11,18H,2H2,1H3,(H,22,26)/b15-11+. The maximum absolute atomic E-state index is 12.8. The predicted molar refractivity (Wildman–Crippen MR) is 100 cm³/mol. The molecule has 0 unspecified atom stereocenters. The summed E-state index contributed by atoms with van der Waals surface area (Å²) in [5.41, 5.74) is 2.29. The number of thiocarbonyl (C=S) groups is 1. The van der Waals surface area contributed by atoms with E-state index in [-0.39, 0.29) is 22.5 Å². The highest BCUT2D eigenvalue weighted by Crippen LogP contribution is 2.27. The van der Waals surface area contributed by atoms with Crippen molar-refractivity contribution < 1.29 is 18.3 Å². The zero-order valence-electron chi connectivity index (χ0n) is 13.9. The van der Waals surface area contributed by atoms with Gasteiger partial charge in [0, 0.05) is 5.56 Å². The average Bonchev–Trinajstić information content (AvgIpc) is 2.90. The van der Waals surface area contributed by atoms with Crippen LogP contribution in [0.15, 0.2) is 54.2 Å². The van der Waals surface area contributed by atoms with E-state index in [1.165, 1.54) is 17.0 Å². The Kier molecular flexibility index (Phi) is 5.27. The van der Waals surface area contributed by atoms with E-state index in [1.807, 2.05) is 25.1 Å². The van der Waals surface area contributed by atoms with E-state index in [2.05, 4.69) is 10.1 Å². The third kappa shape index (κ3) is 3.72. The van der Waals surface area contributed by atoms with E-state index in [0.717, 1.165) is 12.0 Å². The molecule has 2 aromatic rings. The fraction of sp³-hybridized carbons (Fsp3) is 0.158. The molecule has 1 saturated heterocycles. The molecule has 0 saturated carbocycles. The maximum Gasteiger partial charge on any atom is 0.387 e. The van der Waals surface area contributed by atoms with Crippen LogP contribution in [0.1, 0.15) is 18.1 Å². The van der Waals surface area contributed by atoms with Gasteiger partial charge in [-0.1, -0.05) is 37.3 Å². The lowest BCUT2D eigenvalue weighted by Crippen LogP contribution is -2.30. The van der Waals surface area contributed by atoms with E-state index in [9.17, 15) is 13.6 Å². The number of hydrogen-bond donors (Lipinski definition) is 1. The number of ether oxygens (including phenoxy) is 1. The summed E-state index contributed by atoms with van der Waals surface area (Å²) in [6, 6.07) is 13.8. The van der Waals surface area contributed by atoms with Gasteiger partial charge in [0.15, 0.2) is 5.11 Å². The van der Waals surface area contributed by atoms with E-state index in [4.69, 9.17) is 12.2 Å². The van der Waals surface area contributed by atoms with E-state index in [1.54, 1.807) is 24.3 Å². The molecule has 0 radical (unpaired) electrons. The van der Waals surface area contributed by atoms with Gasteiger partial charge in [0.25, 0.3) is 5.91 Å². The van der Waals surface area contributed by atoms with Gasteiger partial charge in [-0.05, 0) is 48.5 Å².